The van der Waals surface area contributed by atoms with Gasteiger partial charge in [-0.1, -0.05) is 42.5 Å². The molecule has 2 atom stereocenters. The van der Waals surface area contributed by atoms with Crippen LogP contribution in [0.25, 0.3) is 10.8 Å². The number of fused-ring (bicyclic) bond motifs is 1. The van der Waals surface area contributed by atoms with Gasteiger partial charge in [-0.25, -0.2) is 13.1 Å². The summed E-state index contributed by atoms with van der Waals surface area (Å²) in [6.07, 6.45) is 1.74. The molecule has 7 heteroatoms. The minimum atomic E-state index is -3.64. The molecule has 1 aliphatic heterocycles. The SMILES string of the molecule is C[C@@H](NC(=O)c1ccc(S(=O)(=O)NC[C@H]2CCCO2)cc1)c1cccc2ccccc12. The molecule has 1 aliphatic rings. The van der Waals surface area contributed by atoms with Gasteiger partial charge < -0.3 is 10.1 Å². The van der Waals surface area contributed by atoms with Crippen molar-refractivity contribution in [2.75, 3.05) is 13.2 Å². The number of amides is 1. The molecule has 2 N–H and O–H groups in total. The van der Waals surface area contributed by atoms with E-state index in [9.17, 15) is 13.2 Å². The fourth-order valence-corrected chi connectivity index (χ4v) is 4.93. The molecule has 0 spiro atoms. The minimum Gasteiger partial charge on any atom is -0.377 e. The normalized spacial score (nSPS) is 17.5. The van der Waals surface area contributed by atoms with E-state index in [1.165, 1.54) is 24.3 Å². The fourth-order valence-electron chi connectivity index (χ4n) is 3.86. The van der Waals surface area contributed by atoms with E-state index in [0.717, 1.165) is 29.2 Å². The van der Waals surface area contributed by atoms with Crippen LogP contribution in [0.4, 0.5) is 0 Å². The predicted octanol–water partition coefficient (Wildman–Crippen LogP) is 3.79. The number of carbonyl (C=O) groups excluding carboxylic acids is 1. The zero-order chi connectivity index (χ0) is 21.8. The Balaban J connectivity index is 1.43. The summed E-state index contributed by atoms with van der Waals surface area (Å²) in [7, 11) is -3.64. The molecule has 0 saturated carbocycles. The van der Waals surface area contributed by atoms with Gasteiger partial charge in [-0.2, -0.15) is 0 Å². The van der Waals surface area contributed by atoms with E-state index in [1.54, 1.807) is 0 Å². The van der Waals surface area contributed by atoms with E-state index in [-0.39, 0.29) is 29.5 Å². The van der Waals surface area contributed by atoms with Gasteiger partial charge in [-0.05, 0) is 60.4 Å². The highest BCUT2D eigenvalue weighted by Gasteiger charge is 2.21. The topological polar surface area (TPSA) is 84.5 Å². The maximum absolute atomic E-state index is 12.7. The van der Waals surface area contributed by atoms with Crippen LogP contribution in [0.1, 0.15) is 41.7 Å². The molecule has 1 saturated heterocycles. The van der Waals surface area contributed by atoms with Gasteiger partial charge in [0.25, 0.3) is 5.91 Å². The summed E-state index contributed by atoms with van der Waals surface area (Å²) in [5.74, 6) is -0.253. The first kappa shape index (κ1) is 21.5. The Kier molecular flexibility index (Phi) is 6.36. The maximum Gasteiger partial charge on any atom is 0.251 e. The second-order valence-corrected chi connectivity index (χ2v) is 9.54. The molecular formula is C24H26N2O4S. The second kappa shape index (κ2) is 9.18. The van der Waals surface area contributed by atoms with Crippen molar-refractivity contribution in [2.45, 2.75) is 36.8 Å². The number of hydrogen-bond acceptors (Lipinski definition) is 4. The summed E-state index contributed by atoms with van der Waals surface area (Å²) in [6, 6.07) is 19.8. The molecule has 0 unspecified atom stereocenters. The monoisotopic (exact) mass is 438 g/mol. The zero-order valence-corrected chi connectivity index (χ0v) is 18.2. The van der Waals surface area contributed by atoms with Crippen LogP contribution in [0.15, 0.2) is 71.6 Å². The molecule has 0 aromatic heterocycles. The van der Waals surface area contributed by atoms with Gasteiger partial charge in [-0.15, -0.1) is 0 Å². The van der Waals surface area contributed by atoms with Crippen LogP contribution in [-0.2, 0) is 14.8 Å². The minimum absolute atomic E-state index is 0.0737. The Morgan fingerprint density at radius 2 is 1.81 bits per heavy atom. The summed E-state index contributed by atoms with van der Waals surface area (Å²) in [5, 5.41) is 5.22. The molecule has 0 radical (unpaired) electrons. The quantitative estimate of drug-likeness (QED) is 0.588. The lowest BCUT2D eigenvalue weighted by Gasteiger charge is -2.17. The Hall–Kier alpha value is -2.74. The average molecular weight is 439 g/mol. The van der Waals surface area contributed by atoms with Crippen LogP contribution in [0.3, 0.4) is 0 Å². The molecule has 1 amide bonds. The van der Waals surface area contributed by atoms with Gasteiger partial charge in [0.05, 0.1) is 17.0 Å². The molecule has 31 heavy (non-hydrogen) atoms. The Bertz CT molecular complexity index is 1160. The zero-order valence-electron chi connectivity index (χ0n) is 17.4. The first-order valence-corrected chi connectivity index (χ1v) is 11.9. The van der Waals surface area contributed by atoms with E-state index in [2.05, 4.69) is 10.0 Å². The van der Waals surface area contributed by atoms with E-state index < -0.39 is 10.0 Å². The van der Waals surface area contributed by atoms with Gasteiger partial charge >= 0.3 is 0 Å². The van der Waals surface area contributed by atoms with Gasteiger partial charge in [0.1, 0.15) is 0 Å². The molecule has 4 rings (SSSR count). The highest BCUT2D eigenvalue weighted by atomic mass is 32.2. The van der Waals surface area contributed by atoms with Crippen LogP contribution in [0, 0.1) is 0 Å². The maximum atomic E-state index is 12.7. The number of ether oxygens (including phenoxy) is 1. The molecule has 6 nitrogen and oxygen atoms in total. The fraction of sp³-hybridized carbons (Fsp3) is 0.292. The summed E-state index contributed by atoms with van der Waals surface area (Å²) >= 11 is 0. The summed E-state index contributed by atoms with van der Waals surface area (Å²) in [4.78, 5) is 12.9. The number of nitrogens with one attached hydrogen (secondary N) is 2. The lowest BCUT2D eigenvalue weighted by Crippen LogP contribution is -2.32. The second-order valence-electron chi connectivity index (χ2n) is 7.77. The molecule has 162 valence electrons. The summed E-state index contributed by atoms with van der Waals surface area (Å²) in [6.45, 7) is 2.87. The third-order valence-corrected chi connectivity index (χ3v) is 7.03. The average Bonchev–Trinajstić information content (AvgIpc) is 3.31. The largest absolute Gasteiger partial charge is 0.377 e. The molecule has 1 fully saturated rings. The van der Waals surface area contributed by atoms with Gasteiger partial charge in [-0.3, -0.25) is 4.79 Å². The van der Waals surface area contributed by atoms with E-state index >= 15 is 0 Å². The van der Waals surface area contributed by atoms with Crippen molar-refractivity contribution < 1.29 is 17.9 Å². The van der Waals surface area contributed by atoms with Crippen molar-refractivity contribution in [1.29, 1.82) is 0 Å². The molecule has 3 aromatic carbocycles. The number of sulfonamides is 1. The molecule has 0 aliphatic carbocycles. The van der Waals surface area contributed by atoms with Crippen LogP contribution in [0.5, 0.6) is 0 Å². The third kappa shape index (κ3) is 4.95. The van der Waals surface area contributed by atoms with E-state index in [4.69, 9.17) is 4.74 Å². The van der Waals surface area contributed by atoms with Crippen LogP contribution >= 0.6 is 0 Å². The number of carbonyl (C=O) groups is 1. The number of hydrogen-bond donors (Lipinski definition) is 2. The van der Waals surface area contributed by atoms with Crippen molar-refractivity contribution in [3.8, 4) is 0 Å². The predicted molar refractivity (Wildman–Crippen MR) is 120 cm³/mol. The van der Waals surface area contributed by atoms with Gasteiger partial charge in [0, 0.05) is 18.7 Å². The lowest BCUT2D eigenvalue weighted by atomic mass is 9.99. The lowest BCUT2D eigenvalue weighted by molar-refractivity contribution is 0.0940. The van der Waals surface area contributed by atoms with Gasteiger partial charge in [0.15, 0.2) is 0 Å². The van der Waals surface area contributed by atoms with Crippen molar-refractivity contribution >= 4 is 26.7 Å². The Morgan fingerprint density at radius 3 is 2.55 bits per heavy atom. The standard InChI is InChI=1S/C24H26N2O4S/c1-17(22-10-4-7-18-6-2-3-9-23(18)22)26-24(27)19-11-13-21(14-12-19)31(28,29)25-16-20-8-5-15-30-20/h2-4,6-7,9-14,17,20,25H,5,8,15-16H2,1H3,(H,26,27)/t17-,20-/m1/s1. The van der Waals surface area contributed by atoms with Crippen LogP contribution < -0.4 is 10.0 Å². The number of rotatable bonds is 7. The smallest absolute Gasteiger partial charge is 0.251 e. The first-order chi connectivity index (χ1) is 14.9. The van der Waals surface area contributed by atoms with Crippen molar-refractivity contribution in [3.63, 3.8) is 0 Å². The molecular weight excluding hydrogens is 412 g/mol. The first-order valence-electron chi connectivity index (χ1n) is 10.4. The molecule has 3 aromatic rings. The van der Waals surface area contributed by atoms with Crippen molar-refractivity contribution in [3.05, 3.63) is 77.9 Å². The Labute approximate surface area is 182 Å². The highest BCUT2D eigenvalue weighted by Crippen LogP contribution is 2.24. The summed E-state index contributed by atoms with van der Waals surface area (Å²) in [5.41, 5.74) is 1.44. The van der Waals surface area contributed by atoms with Crippen molar-refractivity contribution in [1.82, 2.24) is 10.0 Å². The van der Waals surface area contributed by atoms with Crippen LogP contribution in [-0.4, -0.2) is 33.6 Å². The van der Waals surface area contributed by atoms with E-state index in [0.29, 0.717) is 12.2 Å². The van der Waals surface area contributed by atoms with Gasteiger partial charge in [0.2, 0.25) is 10.0 Å². The third-order valence-electron chi connectivity index (χ3n) is 5.59. The van der Waals surface area contributed by atoms with Crippen LogP contribution in [0.2, 0.25) is 0 Å². The molecule has 0 bridgehead atoms. The molecule has 1 heterocycles. The summed E-state index contributed by atoms with van der Waals surface area (Å²) < 4.78 is 33.0. The van der Waals surface area contributed by atoms with E-state index in [1.807, 2.05) is 49.4 Å². The van der Waals surface area contributed by atoms with Crippen molar-refractivity contribution in [2.24, 2.45) is 0 Å². The number of benzene rings is 3. The Morgan fingerprint density at radius 1 is 1.06 bits per heavy atom. The highest BCUT2D eigenvalue weighted by molar-refractivity contribution is 7.89.